The van der Waals surface area contributed by atoms with Crippen molar-refractivity contribution >= 4 is 143 Å². The summed E-state index contributed by atoms with van der Waals surface area (Å²) in [5.41, 5.74) is 42.6. The normalized spacial score (nSPS) is 13.0. The van der Waals surface area contributed by atoms with Crippen LogP contribution in [0.4, 0.5) is 85.3 Å². The molecule has 4 aliphatic rings. The number of fused-ring (bicyclic) bond motifs is 8. The Labute approximate surface area is 583 Å². The Hall–Kier alpha value is -10.7. The highest BCUT2D eigenvalue weighted by Gasteiger charge is 2.48. The van der Waals surface area contributed by atoms with Crippen molar-refractivity contribution < 1.29 is 0 Å². The molecule has 13 aromatic carbocycles. The van der Waals surface area contributed by atoms with E-state index < -0.39 is 0 Å². The summed E-state index contributed by atoms with van der Waals surface area (Å²) in [6, 6.07) is 95.2. The average molecular weight is 1280 g/mol. The van der Waals surface area contributed by atoms with Gasteiger partial charge in [-0.05, 0) is 233 Å². The van der Waals surface area contributed by atoms with Gasteiger partial charge in [-0.3, -0.25) is 0 Å². The van der Waals surface area contributed by atoms with Crippen LogP contribution >= 0.6 is 11.8 Å². The van der Waals surface area contributed by atoms with E-state index in [2.05, 4.69) is 356 Å². The Morgan fingerprint density at radius 2 is 0.643 bits per heavy atom. The first-order valence-corrected chi connectivity index (χ1v) is 35.4. The van der Waals surface area contributed by atoms with Gasteiger partial charge in [-0.1, -0.05) is 215 Å². The second-order valence-electron chi connectivity index (χ2n) is 28.0. The van der Waals surface area contributed by atoms with Crippen LogP contribution in [0.1, 0.15) is 66.8 Å². The van der Waals surface area contributed by atoms with Gasteiger partial charge in [0.25, 0.3) is 6.71 Å². The molecule has 8 heteroatoms. The van der Waals surface area contributed by atoms with E-state index in [-0.39, 0.29) is 13.4 Å². The second kappa shape index (κ2) is 23.6. The minimum absolute atomic E-state index is 0.107. The number of para-hydroxylation sites is 5. The van der Waals surface area contributed by atoms with Crippen molar-refractivity contribution in [3.63, 3.8) is 0 Å². The standard InChI is InChI=1S/C90H77B2N5S/c1-54-40-58(5)87(59(6)41-54)93(67-30-18-14-19-31-67)69-48-80-85-81(49-69)96(89-62(9)44-56(3)45-63(89)10)77-38-26-23-35-72(77)91(85)74-52-75-83(53-79(74)95(80)76-37-25-22-34-71(76)66-28-16-13-17-29-66)98-84-51-70(94(68-32-20-15-21-33-68)88-60(7)42-55(2)43-61(88)8)50-82-86(84)92(75)73-36-24-27-39-78(73)97(82)90-64(11)46-57(4)47-65(90)12/h13-53H,1-12H3. The van der Waals surface area contributed by atoms with Crippen molar-refractivity contribution in [2.75, 3.05) is 24.5 Å². The van der Waals surface area contributed by atoms with Crippen LogP contribution in [0.25, 0.3) is 11.1 Å². The van der Waals surface area contributed by atoms with Gasteiger partial charge in [0.2, 0.25) is 6.71 Å². The van der Waals surface area contributed by atoms with E-state index in [1.807, 2.05) is 11.8 Å². The highest BCUT2D eigenvalue weighted by molar-refractivity contribution is 8.00. The number of anilines is 15. The molecule has 13 aromatic rings. The fourth-order valence-corrected chi connectivity index (χ4v) is 18.9. The molecule has 5 nitrogen and oxygen atoms in total. The van der Waals surface area contributed by atoms with E-state index in [0.717, 1.165) is 45.3 Å². The van der Waals surface area contributed by atoms with Crippen LogP contribution in [-0.2, 0) is 0 Å². The highest BCUT2D eigenvalue weighted by Crippen LogP contribution is 2.54. The van der Waals surface area contributed by atoms with Crippen molar-refractivity contribution in [3.8, 4) is 11.1 Å². The maximum absolute atomic E-state index is 2.68. The Balaban J connectivity index is 0.997. The Morgan fingerprint density at radius 3 is 1.12 bits per heavy atom. The maximum Gasteiger partial charge on any atom is 0.252 e. The Bertz CT molecular complexity index is 5360. The van der Waals surface area contributed by atoms with Crippen LogP contribution in [0.15, 0.2) is 259 Å². The zero-order valence-electron chi connectivity index (χ0n) is 58.0. The molecular formula is C90H77B2N5S. The van der Waals surface area contributed by atoms with Crippen LogP contribution in [0.2, 0.25) is 0 Å². The van der Waals surface area contributed by atoms with Gasteiger partial charge in [0.1, 0.15) is 0 Å². The number of hydrogen-bond acceptors (Lipinski definition) is 6. The third-order valence-corrected chi connectivity index (χ3v) is 22.1. The summed E-state index contributed by atoms with van der Waals surface area (Å²) < 4.78 is 0. The number of benzene rings is 13. The van der Waals surface area contributed by atoms with Crippen LogP contribution < -0.4 is 57.3 Å². The van der Waals surface area contributed by atoms with E-state index in [4.69, 9.17) is 0 Å². The first-order valence-electron chi connectivity index (χ1n) is 34.5. The molecule has 0 amide bonds. The molecule has 0 N–H and O–H groups in total. The van der Waals surface area contributed by atoms with Gasteiger partial charge in [0.15, 0.2) is 0 Å². The summed E-state index contributed by atoms with van der Waals surface area (Å²) in [5, 5.41) is 0. The molecule has 17 rings (SSSR count). The SMILES string of the molecule is Cc1cc(C)c(N(c2ccccc2)c2cc3c4c(c2)N(c2c(C)cc(C)cc2C)c2ccccc2B4c2cc4c(cc2S3)N(c2ccccc2-c2ccccc2)c2cc(N(c3ccccc3)c3c(C)cc(C)cc3C)cc3c2B4c2ccccc2N3c2c(C)cc(C)cc2C)c(C)c1. The summed E-state index contributed by atoms with van der Waals surface area (Å²) >= 11 is 1.94. The first-order chi connectivity index (χ1) is 47.6. The minimum atomic E-state index is -0.164. The Morgan fingerprint density at radius 1 is 0.265 bits per heavy atom. The van der Waals surface area contributed by atoms with Gasteiger partial charge in [0, 0.05) is 66.5 Å². The fourth-order valence-electron chi connectivity index (χ4n) is 17.7. The zero-order chi connectivity index (χ0) is 67.1. The molecule has 0 fully saturated rings. The highest BCUT2D eigenvalue weighted by atomic mass is 32.2. The second-order valence-corrected chi connectivity index (χ2v) is 29.1. The molecule has 0 saturated carbocycles. The smallest absolute Gasteiger partial charge is 0.252 e. The molecule has 4 heterocycles. The molecular weight excluding hydrogens is 1200 g/mol. The van der Waals surface area contributed by atoms with Crippen molar-refractivity contribution in [3.05, 3.63) is 315 Å². The van der Waals surface area contributed by atoms with Gasteiger partial charge >= 0.3 is 0 Å². The van der Waals surface area contributed by atoms with Gasteiger partial charge in [-0.15, -0.1) is 0 Å². The Kier molecular flexibility index (Phi) is 14.7. The largest absolute Gasteiger partial charge is 0.311 e. The third-order valence-electron chi connectivity index (χ3n) is 21.0. The van der Waals surface area contributed by atoms with Crippen molar-refractivity contribution in [2.45, 2.75) is 92.9 Å². The minimum Gasteiger partial charge on any atom is -0.311 e. The quantitative estimate of drug-likeness (QED) is 0.126. The molecule has 0 bridgehead atoms. The summed E-state index contributed by atoms with van der Waals surface area (Å²) in [4.78, 5) is 15.5. The predicted molar refractivity (Wildman–Crippen MR) is 422 cm³/mol. The number of aryl methyl sites for hydroxylation is 12. The average Bonchev–Trinajstić information content (AvgIpc) is 0.688. The lowest BCUT2D eigenvalue weighted by molar-refractivity contribution is 1.17. The van der Waals surface area contributed by atoms with Crippen LogP contribution in [-0.4, -0.2) is 13.4 Å². The topological polar surface area (TPSA) is 16.2 Å². The molecule has 0 saturated heterocycles. The number of rotatable bonds is 10. The maximum atomic E-state index is 2.68. The van der Waals surface area contributed by atoms with E-state index in [1.54, 1.807) is 0 Å². The lowest BCUT2D eigenvalue weighted by Crippen LogP contribution is -2.64. The number of hydrogen-bond donors (Lipinski definition) is 0. The van der Waals surface area contributed by atoms with Gasteiger partial charge < -0.3 is 24.5 Å². The molecule has 4 aliphatic heterocycles. The van der Waals surface area contributed by atoms with E-state index in [0.29, 0.717) is 0 Å². The number of nitrogens with zero attached hydrogens (tertiary/aromatic N) is 5. The predicted octanol–water partition coefficient (Wildman–Crippen LogP) is 20.8. The van der Waals surface area contributed by atoms with E-state index in [9.17, 15) is 0 Å². The summed E-state index contributed by atoms with van der Waals surface area (Å²) in [5.74, 6) is 0. The van der Waals surface area contributed by atoms with Crippen molar-refractivity contribution in [2.24, 2.45) is 0 Å². The lowest BCUT2D eigenvalue weighted by atomic mass is 9.31. The summed E-state index contributed by atoms with van der Waals surface area (Å²) in [6.07, 6.45) is 0. The van der Waals surface area contributed by atoms with E-state index in [1.165, 1.54) is 161 Å². The molecule has 0 radical (unpaired) electrons. The third kappa shape index (κ3) is 9.69. The molecule has 0 spiro atoms. The van der Waals surface area contributed by atoms with Crippen molar-refractivity contribution in [1.82, 2.24) is 0 Å². The van der Waals surface area contributed by atoms with Gasteiger partial charge in [-0.2, -0.15) is 0 Å². The van der Waals surface area contributed by atoms with Crippen LogP contribution in [0.5, 0.6) is 0 Å². The van der Waals surface area contributed by atoms with Gasteiger partial charge in [0.05, 0.1) is 34.1 Å². The zero-order valence-corrected chi connectivity index (χ0v) is 58.8. The van der Waals surface area contributed by atoms with Crippen LogP contribution in [0, 0.1) is 83.1 Å². The van der Waals surface area contributed by atoms with E-state index >= 15 is 0 Å². The summed E-state index contributed by atoms with van der Waals surface area (Å²) in [7, 11) is 0. The van der Waals surface area contributed by atoms with Crippen molar-refractivity contribution in [1.29, 1.82) is 0 Å². The molecule has 0 aromatic heterocycles. The molecule has 0 atom stereocenters. The first kappa shape index (κ1) is 61.0. The molecule has 474 valence electrons. The van der Waals surface area contributed by atoms with Gasteiger partial charge in [-0.25, -0.2) is 0 Å². The molecule has 0 aliphatic carbocycles. The summed E-state index contributed by atoms with van der Waals surface area (Å²) in [6.45, 7) is 27.0. The monoisotopic (exact) mass is 1280 g/mol. The molecule has 98 heavy (non-hydrogen) atoms. The van der Waals surface area contributed by atoms with Crippen LogP contribution in [0.3, 0.4) is 0 Å². The molecule has 0 unspecified atom stereocenters. The lowest BCUT2D eigenvalue weighted by Gasteiger charge is -2.47. The fraction of sp³-hybridized carbons (Fsp3) is 0.133.